The first-order valence-corrected chi connectivity index (χ1v) is 13.6. The van der Waals surface area contributed by atoms with Gasteiger partial charge in [0, 0.05) is 17.2 Å². The Morgan fingerprint density at radius 1 is 1.06 bits per heavy atom. The smallest absolute Gasteiger partial charge is 0.348 e. The zero-order valence-corrected chi connectivity index (χ0v) is 22.4. The van der Waals surface area contributed by atoms with E-state index in [0.717, 1.165) is 32.1 Å². The van der Waals surface area contributed by atoms with Gasteiger partial charge >= 0.3 is 5.97 Å². The van der Waals surface area contributed by atoms with Gasteiger partial charge in [-0.05, 0) is 54.9 Å². The normalized spacial score (nSPS) is 15.7. The molecular formula is C29H44O3S. The van der Waals surface area contributed by atoms with Crippen LogP contribution in [0.15, 0.2) is 36.4 Å². The minimum Gasteiger partial charge on any atom is -0.465 e. The summed E-state index contributed by atoms with van der Waals surface area (Å²) in [6.45, 7) is 10.7. The van der Waals surface area contributed by atoms with Crippen LogP contribution in [0.2, 0.25) is 0 Å². The second-order valence-electron chi connectivity index (χ2n) is 8.48. The molecule has 0 saturated heterocycles. The van der Waals surface area contributed by atoms with Gasteiger partial charge in [0.2, 0.25) is 0 Å². The SMILES string of the molecule is CC.CCCCCC(C)c1ccc([C@@H]2CCCC2=O)cc1.CCCc1ccc(C(=O)OC)s1. The molecule has 3 nitrogen and oxygen atoms in total. The van der Waals surface area contributed by atoms with E-state index in [4.69, 9.17) is 0 Å². The Labute approximate surface area is 206 Å². The minimum atomic E-state index is -0.234. The Morgan fingerprint density at radius 2 is 1.76 bits per heavy atom. The topological polar surface area (TPSA) is 43.4 Å². The highest BCUT2D eigenvalue weighted by Gasteiger charge is 2.25. The third-order valence-corrected chi connectivity index (χ3v) is 7.12. The minimum absolute atomic E-state index is 0.185. The Balaban J connectivity index is 0.000000335. The number of methoxy groups -OCH3 is 1. The largest absolute Gasteiger partial charge is 0.465 e. The highest BCUT2D eigenvalue weighted by Crippen LogP contribution is 2.32. The highest BCUT2D eigenvalue weighted by molar-refractivity contribution is 7.13. The van der Waals surface area contributed by atoms with Gasteiger partial charge in [-0.3, -0.25) is 4.79 Å². The van der Waals surface area contributed by atoms with Crippen LogP contribution in [0.3, 0.4) is 0 Å². The molecule has 2 atom stereocenters. The molecule has 1 fully saturated rings. The lowest BCUT2D eigenvalue weighted by molar-refractivity contribution is -0.118. The van der Waals surface area contributed by atoms with Crippen LogP contribution in [-0.4, -0.2) is 18.9 Å². The molecule has 1 unspecified atom stereocenters. The second-order valence-corrected chi connectivity index (χ2v) is 9.65. The number of benzene rings is 1. The number of unbranched alkanes of at least 4 members (excludes halogenated alkanes) is 2. The summed E-state index contributed by atoms with van der Waals surface area (Å²) < 4.78 is 4.60. The lowest BCUT2D eigenvalue weighted by Gasteiger charge is -2.14. The van der Waals surface area contributed by atoms with E-state index in [1.807, 2.05) is 26.0 Å². The van der Waals surface area contributed by atoms with E-state index in [9.17, 15) is 9.59 Å². The van der Waals surface area contributed by atoms with Crippen molar-refractivity contribution in [2.75, 3.05) is 7.11 Å². The Morgan fingerprint density at radius 3 is 2.30 bits per heavy atom. The number of rotatable bonds is 9. The molecule has 2 aromatic rings. The van der Waals surface area contributed by atoms with Crippen LogP contribution in [0, 0.1) is 0 Å². The molecule has 33 heavy (non-hydrogen) atoms. The molecule has 0 amide bonds. The van der Waals surface area contributed by atoms with E-state index in [2.05, 4.69) is 49.8 Å². The maximum absolute atomic E-state index is 11.8. The molecule has 0 aliphatic heterocycles. The van der Waals surface area contributed by atoms with Gasteiger partial charge in [0.1, 0.15) is 10.7 Å². The number of hydrogen-bond acceptors (Lipinski definition) is 4. The maximum Gasteiger partial charge on any atom is 0.348 e. The van der Waals surface area contributed by atoms with Crippen molar-refractivity contribution >= 4 is 23.1 Å². The molecule has 0 spiro atoms. The van der Waals surface area contributed by atoms with Gasteiger partial charge in [-0.25, -0.2) is 4.79 Å². The lowest BCUT2D eigenvalue weighted by Crippen LogP contribution is -2.04. The fourth-order valence-electron chi connectivity index (χ4n) is 4.06. The van der Waals surface area contributed by atoms with Crippen molar-refractivity contribution in [2.24, 2.45) is 0 Å². The molecule has 0 radical (unpaired) electrons. The highest BCUT2D eigenvalue weighted by atomic mass is 32.1. The predicted octanol–water partition coefficient (Wildman–Crippen LogP) is 8.72. The van der Waals surface area contributed by atoms with Gasteiger partial charge in [-0.1, -0.05) is 84.6 Å². The van der Waals surface area contributed by atoms with E-state index < -0.39 is 0 Å². The van der Waals surface area contributed by atoms with Crippen LogP contribution in [0.25, 0.3) is 0 Å². The predicted molar refractivity (Wildman–Crippen MR) is 142 cm³/mol. The summed E-state index contributed by atoms with van der Waals surface area (Å²) in [4.78, 5) is 24.7. The fourth-order valence-corrected chi connectivity index (χ4v) is 5.09. The molecule has 1 heterocycles. The molecule has 1 aliphatic rings. The molecular weight excluding hydrogens is 428 g/mol. The van der Waals surface area contributed by atoms with Crippen LogP contribution in [0.5, 0.6) is 0 Å². The van der Waals surface area contributed by atoms with Crippen LogP contribution >= 0.6 is 11.3 Å². The fraction of sp³-hybridized carbons (Fsp3) is 0.586. The molecule has 0 bridgehead atoms. The quantitative estimate of drug-likeness (QED) is 0.271. The number of ether oxygens (including phenoxy) is 1. The summed E-state index contributed by atoms with van der Waals surface area (Å²) in [6.07, 6.45) is 10.3. The standard InChI is InChI=1S/C18H26O.C9H12O2S.C2H6/c1-3-4-5-7-14(2)15-10-12-16(13-11-15)17-8-6-9-18(17)19;1-3-4-7-5-6-8(12-7)9(10)11-2;1-2/h10-14,17H,3-9H2,1-2H3;5-6H,3-4H2,1-2H3;1-2H3/t14?,17-;;/m0../s1. The molecule has 1 aromatic heterocycles. The Kier molecular flexibility index (Phi) is 14.7. The summed E-state index contributed by atoms with van der Waals surface area (Å²) in [7, 11) is 1.40. The van der Waals surface area contributed by atoms with Crippen molar-refractivity contribution in [3.8, 4) is 0 Å². The third kappa shape index (κ3) is 9.83. The van der Waals surface area contributed by atoms with E-state index in [1.54, 1.807) is 0 Å². The zero-order valence-electron chi connectivity index (χ0n) is 21.6. The van der Waals surface area contributed by atoms with Crippen LogP contribution in [0.4, 0.5) is 0 Å². The van der Waals surface area contributed by atoms with E-state index in [0.29, 0.717) is 16.6 Å². The van der Waals surface area contributed by atoms with Crippen LogP contribution in [0.1, 0.15) is 123 Å². The average molecular weight is 473 g/mol. The van der Waals surface area contributed by atoms with Gasteiger partial charge in [0.25, 0.3) is 0 Å². The summed E-state index contributed by atoms with van der Waals surface area (Å²) in [6, 6.07) is 12.6. The summed E-state index contributed by atoms with van der Waals surface area (Å²) in [5, 5.41) is 0. The monoisotopic (exact) mass is 472 g/mol. The molecule has 184 valence electrons. The van der Waals surface area contributed by atoms with Crippen molar-refractivity contribution in [2.45, 2.75) is 104 Å². The number of hydrogen-bond donors (Lipinski definition) is 0. The third-order valence-electron chi connectivity index (χ3n) is 6.00. The van der Waals surface area contributed by atoms with Crippen molar-refractivity contribution in [1.82, 2.24) is 0 Å². The summed E-state index contributed by atoms with van der Waals surface area (Å²) in [5.41, 5.74) is 2.65. The van der Waals surface area contributed by atoms with Gasteiger partial charge in [-0.15, -0.1) is 11.3 Å². The lowest BCUT2D eigenvalue weighted by atomic mass is 9.91. The van der Waals surface area contributed by atoms with E-state index in [1.165, 1.54) is 60.1 Å². The number of carbonyl (C=O) groups is 2. The van der Waals surface area contributed by atoms with E-state index in [-0.39, 0.29) is 11.9 Å². The molecule has 4 heteroatoms. The van der Waals surface area contributed by atoms with Gasteiger partial charge in [-0.2, -0.15) is 0 Å². The second kappa shape index (κ2) is 16.6. The maximum atomic E-state index is 11.8. The Bertz CT molecular complexity index is 807. The molecule has 1 saturated carbocycles. The van der Waals surface area contributed by atoms with Crippen molar-refractivity contribution in [1.29, 1.82) is 0 Å². The first kappa shape index (κ1) is 29.1. The summed E-state index contributed by atoms with van der Waals surface area (Å²) >= 11 is 1.52. The molecule has 0 N–H and O–H groups in total. The number of ketones is 1. The first-order chi connectivity index (χ1) is 16.0. The van der Waals surface area contributed by atoms with Crippen LogP contribution < -0.4 is 0 Å². The van der Waals surface area contributed by atoms with Crippen molar-refractivity contribution < 1.29 is 14.3 Å². The van der Waals surface area contributed by atoms with Crippen molar-refractivity contribution in [3.63, 3.8) is 0 Å². The summed E-state index contributed by atoms with van der Waals surface area (Å²) in [5.74, 6) is 1.02. The van der Waals surface area contributed by atoms with Gasteiger partial charge in [0.05, 0.1) is 7.11 Å². The molecule has 3 rings (SSSR count). The first-order valence-electron chi connectivity index (χ1n) is 12.8. The average Bonchev–Trinajstić information content (AvgIpc) is 3.50. The van der Waals surface area contributed by atoms with Crippen molar-refractivity contribution in [3.05, 3.63) is 57.3 Å². The zero-order chi connectivity index (χ0) is 24.6. The number of thiophene rings is 1. The number of carbonyl (C=O) groups excluding carboxylic acids is 2. The van der Waals surface area contributed by atoms with Gasteiger partial charge in [0.15, 0.2) is 0 Å². The number of Topliss-reactive ketones (excluding diaryl/α,β-unsaturated/α-hetero) is 1. The number of esters is 1. The molecule has 1 aliphatic carbocycles. The Hall–Kier alpha value is -1.94. The van der Waals surface area contributed by atoms with E-state index >= 15 is 0 Å². The van der Waals surface area contributed by atoms with Crippen LogP contribution in [-0.2, 0) is 16.0 Å². The van der Waals surface area contributed by atoms with Gasteiger partial charge < -0.3 is 4.74 Å². The molecule has 1 aromatic carbocycles. The number of aryl methyl sites for hydroxylation is 1.